The van der Waals surface area contributed by atoms with E-state index in [2.05, 4.69) is 15.6 Å². The first kappa shape index (κ1) is 33.6. The van der Waals surface area contributed by atoms with E-state index >= 15 is 0 Å². The van der Waals surface area contributed by atoms with Gasteiger partial charge in [-0.2, -0.15) is 0 Å². The molecule has 0 radical (unpaired) electrons. The molecule has 14 heteroatoms. The van der Waals surface area contributed by atoms with Crippen molar-refractivity contribution in [1.29, 1.82) is 0 Å². The molecule has 248 valence electrons. The maximum Gasteiger partial charge on any atom is 0.245 e. The van der Waals surface area contributed by atoms with Gasteiger partial charge in [-0.1, -0.05) is 24.3 Å². The lowest BCUT2D eigenvalue weighted by Crippen LogP contribution is -2.51. The van der Waals surface area contributed by atoms with Crippen molar-refractivity contribution in [3.63, 3.8) is 0 Å². The molecule has 0 spiro atoms. The minimum absolute atomic E-state index is 0.0629. The molecule has 0 bridgehead atoms. The summed E-state index contributed by atoms with van der Waals surface area (Å²) in [5, 5.41) is 32.5. The minimum atomic E-state index is -3.49. The molecule has 1 saturated heterocycles. The number of aliphatic hydroxyl groups is 2. The first-order chi connectivity index (χ1) is 22.0. The first-order valence-electron chi connectivity index (χ1n) is 15.0. The van der Waals surface area contributed by atoms with Gasteiger partial charge in [-0.25, -0.2) is 17.9 Å². The number of benzene rings is 2. The van der Waals surface area contributed by atoms with E-state index < -0.39 is 28.0 Å². The molecule has 1 aliphatic rings. The Labute approximate surface area is 269 Å². The molecular formula is C32H42N6O7S. The van der Waals surface area contributed by atoms with Gasteiger partial charge >= 0.3 is 0 Å². The molecule has 0 saturated carbocycles. The number of ether oxygens (including phenoxy) is 3. The second-order valence-electron chi connectivity index (χ2n) is 11.6. The van der Waals surface area contributed by atoms with Gasteiger partial charge in [-0.05, 0) is 61.3 Å². The Morgan fingerprint density at radius 3 is 2.59 bits per heavy atom. The van der Waals surface area contributed by atoms with Crippen LogP contribution in [-0.4, -0.2) is 93.5 Å². The Kier molecular flexibility index (Phi) is 10.2. The van der Waals surface area contributed by atoms with Crippen LogP contribution in [0, 0.1) is 5.92 Å². The largest absolute Gasteiger partial charge is 0.495 e. The number of anilines is 3. The van der Waals surface area contributed by atoms with E-state index in [1.165, 1.54) is 31.8 Å². The van der Waals surface area contributed by atoms with E-state index in [4.69, 9.17) is 19.3 Å². The number of nitrogens with zero attached hydrogens (tertiary/aromatic N) is 4. The zero-order chi connectivity index (χ0) is 33.1. The maximum absolute atomic E-state index is 12.4. The highest BCUT2D eigenvalue weighted by atomic mass is 32.2. The van der Waals surface area contributed by atoms with Gasteiger partial charge in [-0.15, -0.1) is 5.10 Å². The molecule has 1 aliphatic heterocycles. The summed E-state index contributed by atoms with van der Waals surface area (Å²) >= 11 is 0. The van der Waals surface area contributed by atoms with Gasteiger partial charge in [0.1, 0.15) is 5.75 Å². The van der Waals surface area contributed by atoms with Gasteiger partial charge < -0.3 is 35.1 Å². The van der Waals surface area contributed by atoms with Crippen LogP contribution in [0.4, 0.5) is 17.3 Å². The lowest BCUT2D eigenvalue weighted by atomic mass is 9.63. The predicted octanol–water partition coefficient (Wildman–Crippen LogP) is 3.10. The van der Waals surface area contributed by atoms with Crippen LogP contribution in [0.15, 0.2) is 60.8 Å². The number of hydrogen-bond acceptors (Lipinski definition) is 11. The number of para-hydroxylation sites is 1. The van der Waals surface area contributed by atoms with Crippen LogP contribution in [0.5, 0.6) is 5.75 Å². The molecule has 5 rings (SSSR count). The topological polar surface area (TPSA) is 160 Å². The van der Waals surface area contributed by atoms with Crippen LogP contribution >= 0.6 is 0 Å². The van der Waals surface area contributed by atoms with Crippen LogP contribution < -0.4 is 19.7 Å². The molecule has 2 unspecified atom stereocenters. The average Bonchev–Trinajstić information content (AvgIpc) is 3.48. The van der Waals surface area contributed by atoms with E-state index in [1.54, 1.807) is 30.0 Å². The molecule has 2 aromatic carbocycles. The third-order valence-corrected chi connectivity index (χ3v) is 10.1. The zero-order valence-corrected chi connectivity index (χ0v) is 27.5. The smallest absolute Gasteiger partial charge is 0.245 e. The summed E-state index contributed by atoms with van der Waals surface area (Å²) in [6.45, 7) is 1.36. The maximum atomic E-state index is 12.4. The normalized spacial score (nSPS) is 19.9. The fourth-order valence-corrected chi connectivity index (χ4v) is 6.84. The van der Waals surface area contributed by atoms with Crippen molar-refractivity contribution in [3.8, 4) is 17.0 Å². The monoisotopic (exact) mass is 654 g/mol. The van der Waals surface area contributed by atoms with E-state index in [9.17, 15) is 18.6 Å². The van der Waals surface area contributed by atoms with Gasteiger partial charge in [0.25, 0.3) is 0 Å². The number of aromatic nitrogens is 3. The van der Waals surface area contributed by atoms with Crippen LogP contribution in [-0.2, 0) is 24.9 Å². The Bertz CT molecular complexity index is 1770. The molecule has 46 heavy (non-hydrogen) atoms. The summed E-state index contributed by atoms with van der Waals surface area (Å²) in [6, 6.07) is 16.8. The zero-order valence-electron chi connectivity index (χ0n) is 26.7. The molecule has 0 aliphatic carbocycles. The van der Waals surface area contributed by atoms with Crippen molar-refractivity contribution in [2.75, 3.05) is 57.3 Å². The third kappa shape index (κ3) is 6.82. The van der Waals surface area contributed by atoms with Crippen LogP contribution in [0.2, 0.25) is 0 Å². The van der Waals surface area contributed by atoms with E-state index in [0.29, 0.717) is 60.1 Å². The first-order valence-corrected chi connectivity index (χ1v) is 16.8. The lowest BCUT2D eigenvalue weighted by Gasteiger charge is -2.46. The Balaban J connectivity index is 1.51. The quantitative estimate of drug-likeness (QED) is 0.157. The van der Waals surface area contributed by atoms with Crippen molar-refractivity contribution >= 4 is 32.9 Å². The van der Waals surface area contributed by atoms with Crippen molar-refractivity contribution in [1.82, 2.24) is 19.9 Å². The SMILES string of the molecule is COc1cc([C@]2(CC(O)OC)CCNC[C@H]2CC(O)OC)ccc1Nc1ncc2ccc(-c3ccccc3N(C)S(C)(=O)=O)n2n1. The minimum Gasteiger partial charge on any atom is -0.495 e. The van der Waals surface area contributed by atoms with E-state index in [0.717, 1.165) is 17.6 Å². The summed E-state index contributed by atoms with van der Waals surface area (Å²) in [4.78, 5) is 4.51. The van der Waals surface area contributed by atoms with E-state index in [1.807, 2.05) is 42.5 Å². The Morgan fingerprint density at radius 1 is 1.11 bits per heavy atom. The van der Waals surface area contributed by atoms with Crippen molar-refractivity contribution < 1.29 is 32.8 Å². The van der Waals surface area contributed by atoms with Crippen LogP contribution in [0.3, 0.4) is 0 Å². The molecular weight excluding hydrogens is 612 g/mol. The van der Waals surface area contributed by atoms with Crippen molar-refractivity contribution in [2.45, 2.75) is 37.3 Å². The highest BCUT2D eigenvalue weighted by Crippen LogP contribution is 2.46. The van der Waals surface area contributed by atoms with Gasteiger partial charge in [0.05, 0.1) is 42.1 Å². The standard InChI is InChI=1S/C32H42N6O7S/c1-37(46(5,41)42)26-9-7-6-8-24(26)27-13-11-23-20-34-31(36-38(23)27)35-25-12-10-21(16-28(25)43-2)32(18-30(40)45-4)14-15-33-19-22(32)17-29(39)44-3/h6-13,16,20,22,29-30,33,39-40H,14-15,17-19H2,1-5H3,(H,35,36)/t22-,29?,30?,32-/m1/s1. The molecule has 3 heterocycles. The third-order valence-electron chi connectivity index (χ3n) is 8.93. The summed E-state index contributed by atoms with van der Waals surface area (Å²) in [5.41, 5.74) is 3.68. The fraction of sp³-hybridized carbons (Fsp3) is 0.438. The van der Waals surface area contributed by atoms with Gasteiger partial charge in [0.15, 0.2) is 12.6 Å². The Morgan fingerprint density at radius 2 is 1.87 bits per heavy atom. The number of sulfonamides is 1. The molecule has 0 amide bonds. The number of piperidine rings is 1. The van der Waals surface area contributed by atoms with Gasteiger partial charge in [0, 0.05) is 45.1 Å². The molecule has 4 N–H and O–H groups in total. The second-order valence-corrected chi connectivity index (χ2v) is 13.6. The molecule has 2 aromatic heterocycles. The summed E-state index contributed by atoms with van der Waals surface area (Å²) < 4.78 is 44.0. The number of rotatable bonds is 13. The van der Waals surface area contributed by atoms with Crippen LogP contribution in [0.1, 0.15) is 24.8 Å². The second kappa shape index (κ2) is 13.9. The summed E-state index contributed by atoms with van der Waals surface area (Å²) in [6.07, 6.45) is 2.31. The number of aliphatic hydroxyl groups excluding tert-OH is 2. The summed E-state index contributed by atoms with van der Waals surface area (Å²) in [5.74, 6) is 0.786. The van der Waals surface area contributed by atoms with Crippen LogP contribution in [0.25, 0.3) is 16.8 Å². The molecule has 4 atom stereocenters. The summed E-state index contributed by atoms with van der Waals surface area (Å²) in [7, 11) is 2.56. The number of hydrogen-bond donors (Lipinski definition) is 4. The number of nitrogens with one attached hydrogen (secondary N) is 2. The highest BCUT2D eigenvalue weighted by molar-refractivity contribution is 7.92. The fourth-order valence-electron chi connectivity index (χ4n) is 6.33. The predicted molar refractivity (Wildman–Crippen MR) is 176 cm³/mol. The molecule has 13 nitrogen and oxygen atoms in total. The lowest BCUT2D eigenvalue weighted by molar-refractivity contribution is -0.118. The molecule has 4 aromatic rings. The Hall–Kier alpha value is -3.79. The number of methoxy groups -OCH3 is 3. The highest BCUT2D eigenvalue weighted by Gasteiger charge is 2.44. The number of fused-ring (bicyclic) bond motifs is 1. The van der Waals surface area contributed by atoms with E-state index in [-0.39, 0.29) is 5.92 Å². The van der Waals surface area contributed by atoms with Gasteiger partial charge in [0.2, 0.25) is 16.0 Å². The average molecular weight is 655 g/mol. The van der Waals surface area contributed by atoms with Crippen molar-refractivity contribution in [3.05, 3.63) is 66.4 Å². The van der Waals surface area contributed by atoms with Gasteiger partial charge in [-0.3, -0.25) is 4.31 Å². The van der Waals surface area contributed by atoms with Crippen molar-refractivity contribution in [2.24, 2.45) is 5.92 Å². The molecule has 1 fully saturated rings.